The minimum atomic E-state index is -0.224. The van der Waals surface area contributed by atoms with Gasteiger partial charge in [-0.15, -0.1) is 0 Å². The lowest BCUT2D eigenvalue weighted by molar-refractivity contribution is -0.121. The Morgan fingerprint density at radius 2 is 1.79 bits per heavy atom. The van der Waals surface area contributed by atoms with E-state index in [1.54, 1.807) is 18.2 Å². The van der Waals surface area contributed by atoms with Crippen molar-refractivity contribution in [3.63, 3.8) is 0 Å². The Morgan fingerprint density at radius 3 is 2.50 bits per heavy atom. The molecule has 0 bridgehead atoms. The van der Waals surface area contributed by atoms with Crippen molar-refractivity contribution < 1.29 is 4.79 Å². The topological polar surface area (TPSA) is 64.0 Å². The molecule has 0 aliphatic carbocycles. The first-order chi connectivity index (χ1) is 13.4. The van der Waals surface area contributed by atoms with E-state index in [9.17, 15) is 9.59 Å². The van der Waals surface area contributed by atoms with E-state index in [0.717, 1.165) is 11.1 Å². The van der Waals surface area contributed by atoms with Crippen LogP contribution in [0.4, 0.5) is 0 Å². The molecule has 2 aromatic carbocycles. The number of aromatic nitrogens is 2. The normalized spacial score (nSPS) is 10.7. The van der Waals surface area contributed by atoms with Crippen molar-refractivity contribution in [2.45, 2.75) is 33.4 Å². The highest BCUT2D eigenvalue weighted by molar-refractivity contribution is 6.30. The van der Waals surface area contributed by atoms with Crippen LogP contribution in [-0.2, 0) is 17.9 Å². The van der Waals surface area contributed by atoms with E-state index in [4.69, 9.17) is 11.6 Å². The van der Waals surface area contributed by atoms with Gasteiger partial charge in [-0.05, 0) is 54.8 Å². The molecule has 6 heteroatoms. The third-order valence-electron chi connectivity index (χ3n) is 4.62. The molecule has 0 fully saturated rings. The molecule has 144 valence electrons. The van der Waals surface area contributed by atoms with Crippen molar-refractivity contribution in [2.24, 2.45) is 0 Å². The van der Waals surface area contributed by atoms with Crippen LogP contribution in [0.1, 0.15) is 23.1 Å². The van der Waals surface area contributed by atoms with E-state index >= 15 is 0 Å². The van der Waals surface area contributed by atoms with Crippen molar-refractivity contribution in [2.75, 3.05) is 0 Å². The molecule has 0 atom stereocenters. The smallest absolute Gasteiger partial charge is 0.266 e. The summed E-state index contributed by atoms with van der Waals surface area (Å²) in [6.45, 7) is 4.74. The van der Waals surface area contributed by atoms with Gasteiger partial charge < -0.3 is 5.32 Å². The largest absolute Gasteiger partial charge is 0.352 e. The quantitative estimate of drug-likeness (QED) is 0.688. The second-order valence-corrected chi connectivity index (χ2v) is 7.17. The van der Waals surface area contributed by atoms with Gasteiger partial charge in [-0.2, -0.15) is 5.10 Å². The van der Waals surface area contributed by atoms with Crippen molar-refractivity contribution in [3.8, 4) is 11.3 Å². The number of hydrogen-bond donors (Lipinski definition) is 1. The second kappa shape index (κ2) is 8.85. The summed E-state index contributed by atoms with van der Waals surface area (Å²) >= 11 is 5.85. The summed E-state index contributed by atoms with van der Waals surface area (Å²) in [6.07, 6.45) is 0.177. The van der Waals surface area contributed by atoms with Crippen molar-refractivity contribution in [3.05, 3.63) is 86.7 Å². The summed E-state index contributed by atoms with van der Waals surface area (Å²) in [5.41, 5.74) is 4.77. The van der Waals surface area contributed by atoms with Crippen LogP contribution in [0, 0.1) is 13.8 Å². The third kappa shape index (κ3) is 5.08. The van der Waals surface area contributed by atoms with E-state index in [0.29, 0.717) is 17.3 Å². The average molecular weight is 396 g/mol. The SMILES string of the molecule is Cc1ccc(-c2ccc(=O)n(CCC(=O)NCc3ccc(Cl)cc3)n2)cc1C. The fourth-order valence-corrected chi connectivity index (χ4v) is 2.89. The van der Waals surface area contributed by atoms with Gasteiger partial charge in [0.2, 0.25) is 5.91 Å². The van der Waals surface area contributed by atoms with Crippen LogP contribution < -0.4 is 10.9 Å². The summed E-state index contributed by atoms with van der Waals surface area (Å²) in [6, 6.07) is 16.6. The molecule has 3 rings (SSSR count). The van der Waals surface area contributed by atoms with Gasteiger partial charge in [0.25, 0.3) is 5.56 Å². The van der Waals surface area contributed by atoms with Crippen LogP contribution in [0.3, 0.4) is 0 Å². The average Bonchev–Trinajstić information content (AvgIpc) is 2.69. The molecular formula is C22H22ClN3O2. The monoisotopic (exact) mass is 395 g/mol. The Balaban J connectivity index is 1.63. The lowest BCUT2D eigenvalue weighted by atomic mass is 10.0. The number of halogens is 1. The Kier molecular flexibility index (Phi) is 6.26. The zero-order chi connectivity index (χ0) is 20.1. The molecule has 0 aliphatic heterocycles. The van der Waals surface area contributed by atoms with Crippen LogP contribution >= 0.6 is 11.6 Å². The predicted octanol–water partition coefficient (Wildman–Crippen LogP) is 3.89. The van der Waals surface area contributed by atoms with Crippen LogP contribution in [0.15, 0.2) is 59.4 Å². The lowest BCUT2D eigenvalue weighted by Crippen LogP contribution is -2.28. The molecule has 1 aromatic heterocycles. The molecule has 1 N–H and O–H groups in total. The Bertz CT molecular complexity index is 1040. The summed E-state index contributed by atoms with van der Waals surface area (Å²) in [5.74, 6) is -0.139. The van der Waals surface area contributed by atoms with Crippen LogP contribution in [0.25, 0.3) is 11.3 Å². The molecule has 3 aromatic rings. The van der Waals surface area contributed by atoms with Gasteiger partial charge >= 0.3 is 0 Å². The molecule has 0 saturated heterocycles. The number of nitrogens with one attached hydrogen (secondary N) is 1. The van der Waals surface area contributed by atoms with Gasteiger partial charge in [0.15, 0.2) is 0 Å². The number of carbonyl (C=O) groups is 1. The van der Waals surface area contributed by atoms with Crippen LogP contribution in [0.5, 0.6) is 0 Å². The highest BCUT2D eigenvalue weighted by Gasteiger charge is 2.07. The highest BCUT2D eigenvalue weighted by Crippen LogP contribution is 2.19. The van der Waals surface area contributed by atoms with Gasteiger partial charge in [0.1, 0.15) is 0 Å². The van der Waals surface area contributed by atoms with Gasteiger partial charge in [-0.3, -0.25) is 9.59 Å². The fourth-order valence-electron chi connectivity index (χ4n) is 2.76. The molecule has 1 amide bonds. The molecule has 28 heavy (non-hydrogen) atoms. The van der Waals surface area contributed by atoms with Gasteiger partial charge in [0.05, 0.1) is 12.2 Å². The minimum absolute atomic E-state index is 0.139. The number of carbonyl (C=O) groups excluding carboxylic acids is 1. The molecule has 0 spiro atoms. The maximum atomic E-state index is 12.1. The standard InChI is InChI=1S/C22H22ClN3O2/c1-15-3-6-18(13-16(15)2)20-9-10-22(28)26(25-20)12-11-21(27)24-14-17-4-7-19(23)8-5-17/h3-10,13H,11-12,14H2,1-2H3,(H,24,27). The summed E-state index contributed by atoms with van der Waals surface area (Å²) in [5, 5.41) is 7.92. The van der Waals surface area contributed by atoms with E-state index in [1.165, 1.54) is 21.9 Å². The first kappa shape index (κ1) is 19.8. The number of nitrogens with zero attached hydrogens (tertiary/aromatic N) is 2. The number of rotatable bonds is 6. The third-order valence-corrected chi connectivity index (χ3v) is 4.87. The molecule has 0 saturated carbocycles. The van der Waals surface area contributed by atoms with Gasteiger partial charge in [0, 0.05) is 29.6 Å². The molecule has 0 aliphatic rings. The zero-order valence-corrected chi connectivity index (χ0v) is 16.7. The van der Waals surface area contributed by atoms with Gasteiger partial charge in [-0.25, -0.2) is 4.68 Å². The van der Waals surface area contributed by atoms with Crippen LogP contribution in [0.2, 0.25) is 5.02 Å². The molecule has 0 unspecified atom stereocenters. The second-order valence-electron chi connectivity index (χ2n) is 6.73. The van der Waals surface area contributed by atoms with Crippen molar-refractivity contribution in [1.82, 2.24) is 15.1 Å². The fraction of sp³-hybridized carbons (Fsp3) is 0.227. The highest BCUT2D eigenvalue weighted by atomic mass is 35.5. The summed E-state index contributed by atoms with van der Waals surface area (Å²) < 4.78 is 1.34. The number of benzene rings is 2. The number of hydrogen-bond acceptors (Lipinski definition) is 3. The maximum absolute atomic E-state index is 12.1. The number of aryl methyl sites for hydroxylation is 3. The first-order valence-electron chi connectivity index (χ1n) is 9.09. The zero-order valence-electron chi connectivity index (χ0n) is 15.9. The van der Waals surface area contributed by atoms with E-state index < -0.39 is 0 Å². The Labute approximate surface area is 169 Å². The van der Waals surface area contributed by atoms with E-state index in [2.05, 4.69) is 17.3 Å². The molecule has 1 heterocycles. The van der Waals surface area contributed by atoms with Crippen molar-refractivity contribution in [1.29, 1.82) is 0 Å². The Morgan fingerprint density at radius 1 is 1.04 bits per heavy atom. The summed E-state index contributed by atoms with van der Waals surface area (Å²) in [4.78, 5) is 24.2. The molecular weight excluding hydrogens is 374 g/mol. The maximum Gasteiger partial charge on any atom is 0.266 e. The van der Waals surface area contributed by atoms with Crippen LogP contribution in [-0.4, -0.2) is 15.7 Å². The lowest BCUT2D eigenvalue weighted by Gasteiger charge is -2.09. The van der Waals surface area contributed by atoms with E-state index in [1.807, 2.05) is 37.3 Å². The number of amides is 1. The van der Waals surface area contributed by atoms with Crippen molar-refractivity contribution >= 4 is 17.5 Å². The van der Waals surface area contributed by atoms with Gasteiger partial charge in [-0.1, -0.05) is 35.9 Å². The molecule has 5 nitrogen and oxygen atoms in total. The first-order valence-corrected chi connectivity index (χ1v) is 9.47. The summed E-state index contributed by atoms with van der Waals surface area (Å²) in [7, 11) is 0. The predicted molar refractivity (Wildman–Crippen MR) is 111 cm³/mol. The minimum Gasteiger partial charge on any atom is -0.352 e. The molecule has 0 radical (unpaired) electrons. The van der Waals surface area contributed by atoms with E-state index in [-0.39, 0.29) is 24.4 Å². The Hall–Kier alpha value is -2.92.